The molecule has 1 aliphatic rings. The van der Waals surface area contributed by atoms with Gasteiger partial charge in [-0.1, -0.05) is 54.1 Å². The number of nitriles is 1. The summed E-state index contributed by atoms with van der Waals surface area (Å²) in [5, 5.41) is 11.7. The maximum atomic E-state index is 12.4. The standard InChI is InChI=1S/C29H22N2O4S/c1-18-7-9-19(10-8-18)17-33-21-5-2-4-20(14-21)27-23-12-11-22(34-29(32)26-6-3-13-36-26)15-25(23)35-28(31)24(27)16-30/h2-15,27H,17,31H2,1H3. The second-order valence-corrected chi connectivity index (χ2v) is 9.29. The molecular weight excluding hydrogens is 472 g/mol. The quantitative estimate of drug-likeness (QED) is 0.258. The Morgan fingerprint density at radius 3 is 2.64 bits per heavy atom. The minimum Gasteiger partial charge on any atom is -0.489 e. The van der Waals surface area contributed by atoms with Crippen molar-refractivity contribution in [3.05, 3.63) is 123 Å². The molecule has 0 radical (unpaired) electrons. The van der Waals surface area contributed by atoms with E-state index in [2.05, 4.69) is 6.07 Å². The molecule has 0 saturated heterocycles. The molecule has 1 atom stereocenters. The molecule has 2 heterocycles. The molecule has 7 heteroatoms. The highest BCUT2D eigenvalue weighted by molar-refractivity contribution is 7.12. The Bertz CT molecular complexity index is 1480. The van der Waals surface area contributed by atoms with Crippen LogP contribution in [0.4, 0.5) is 0 Å². The molecule has 0 spiro atoms. The summed E-state index contributed by atoms with van der Waals surface area (Å²) in [5.74, 6) is 0.551. The van der Waals surface area contributed by atoms with Gasteiger partial charge in [-0.05, 0) is 47.7 Å². The van der Waals surface area contributed by atoms with Crippen LogP contribution in [0.2, 0.25) is 0 Å². The first-order chi connectivity index (χ1) is 17.5. The van der Waals surface area contributed by atoms with E-state index in [4.69, 9.17) is 19.9 Å². The third-order valence-corrected chi connectivity index (χ3v) is 6.69. The van der Waals surface area contributed by atoms with Crippen LogP contribution in [0.1, 0.15) is 37.8 Å². The van der Waals surface area contributed by atoms with Gasteiger partial charge in [0.25, 0.3) is 0 Å². The summed E-state index contributed by atoms with van der Waals surface area (Å²) in [6, 6.07) is 26.5. The first-order valence-corrected chi connectivity index (χ1v) is 12.2. The largest absolute Gasteiger partial charge is 0.489 e. The van der Waals surface area contributed by atoms with Crippen molar-refractivity contribution in [1.82, 2.24) is 0 Å². The van der Waals surface area contributed by atoms with Gasteiger partial charge in [-0.25, -0.2) is 4.79 Å². The van der Waals surface area contributed by atoms with Crippen LogP contribution in [-0.4, -0.2) is 5.97 Å². The third kappa shape index (κ3) is 4.81. The maximum absolute atomic E-state index is 12.4. The topological polar surface area (TPSA) is 94.6 Å². The van der Waals surface area contributed by atoms with E-state index < -0.39 is 11.9 Å². The van der Waals surface area contributed by atoms with Gasteiger partial charge in [-0.15, -0.1) is 11.3 Å². The highest BCUT2D eigenvalue weighted by atomic mass is 32.1. The number of hydrogen-bond donors (Lipinski definition) is 1. The van der Waals surface area contributed by atoms with Crippen molar-refractivity contribution in [3.8, 4) is 23.3 Å². The van der Waals surface area contributed by atoms with Crippen molar-refractivity contribution in [1.29, 1.82) is 5.26 Å². The monoisotopic (exact) mass is 494 g/mol. The second kappa shape index (κ2) is 9.98. The van der Waals surface area contributed by atoms with Crippen LogP contribution in [0.15, 0.2) is 95.7 Å². The first-order valence-electron chi connectivity index (χ1n) is 11.3. The van der Waals surface area contributed by atoms with Crippen LogP contribution in [0.5, 0.6) is 17.2 Å². The fourth-order valence-corrected chi connectivity index (χ4v) is 4.63. The van der Waals surface area contributed by atoms with E-state index in [-0.39, 0.29) is 5.88 Å². The van der Waals surface area contributed by atoms with Crippen molar-refractivity contribution in [2.24, 2.45) is 5.73 Å². The van der Waals surface area contributed by atoms with Crippen LogP contribution in [0.25, 0.3) is 0 Å². The number of esters is 1. The van der Waals surface area contributed by atoms with Gasteiger partial charge in [0, 0.05) is 11.6 Å². The molecule has 1 unspecified atom stereocenters. The van der Waals surface area contributed by atoms with Crippen LogP contribution in [0.3, 0.4) is 0 Å². The smallest absolute Gasteiger partial charge is 0.353 e. The Morgan fingerprint density at radius 1 is 1.06 bits per heavy atom. The minimum absolute atomic E-state index is 0.0164. The lowest BCUT2D eigenvalue weighted by atomic mass is 9.83. The lowest BCUT2D eigenvalue weighted by Gasteiger charge is -2.27. The Hall–Kier alpha value is -4.54. The predicted octanol–water partition coefficient (Wildman–Crippen LogP) is 6.07. The fraction of sp³-hybridized carbons (Fsp3) is 0.103. The number of ether oxygens (including phenoxy) is 3. The lowest BCUT2D eigenvalue weighted by molar-refractivity contribution is 0.0739. The average molecular weight is 495 g/mol. The van der Waals surface area contributed by atoms with E-state index in [1.165, 1.54) is 16.9 Å². The number of carbonyl (C=O) groups is 1. The number of hydrogen-bond acceptors (Lipinski definition) is 7. The molecule has 5 rings (SSSR count). The van der Waals surface area contributed by atoms with E-state index in [1.54, 1.807) is 30.3 Å². The zero-order chi connectivity index (χ0) is 25.1. The molecule has 3 aromatic carbocycles. The normalized spacial score (nSPS) is 14.4. The number of fused-ring (bicyclic) bond motifs is 1. The maximum Gasteiger partial charge on any atom is 0.353 e. The number of rotatable bonds is 6. The third-order valence-electron chi connectivity index (χ3n) is 5.84. The summed E-state index contributed by atoms with van der Waals surface area (Å²) in [6.07, 6.45) is 0. The van der Waals surface area contributed by atoms with Crippen molar-refractivity contribution in [3.63, 3.8) is 0 Å². The van der Waals surface area contributed by atoms with E-state index in [1.807, 2.05) is 60.8 Å². The molecule has 0 amide bonds. The molecule has 178 valence electrons. The molecule has 0 bridgehead atoms. The minimum atomic E-state index is -0.455. The fourth-order valence-electron chi connectivity index (χ4n) is 4.03. The molecule has 1 aromatic heterocycles. The Morgan fingerprint density at radius 2 is 1.89 bits per heavy atom. The van der Waals surface area contributed by atoms with Gasteiger partial charge in [0.1, 0.15) is 40.4 Å². The van der Waals surface area contributed by atoms with Gasteiger partial charge in [0.2, 0.25) is 5.88 Å². The summed E-state index contributed by atoms with van der Waals surface area (Å²) in [7, 11) is 0. The van der Waals surface area contributed by atoms with Crippen LogP contribution < -0.4 is 19.9 Å². The molecule has 1 aliphatic heterocycles. The molecular formula is C29H22N2O4S. The van der Waals surface area contributed by atoms with E-state index >= 15 is 0 Å². The van der Waals surface area contributed by atoms with Crippen LogP contribution in [-0.2, 0) is 6.61 Å². The summed E-state index contributed by atoms with van der Waals surface area (Å²) in [6.45, 7) is 2.47. The van der Waals surface area contributed by atoms with Crippen molar-refractivity contribution >= 4 is 17.3 Å². The SMILES string of the molecule is Cc1ccc(COc2cccc(C3C(C#N)=C(N)Oc4cc(OC(=O)c5cccs5)ccc43)c2)cc1. The average Bonchev–Trinajstić information content (AvgIpc) is 3.43. The van der Waals surface area contributed by atoms with Gasteiger partial charge in [-0.3, -0.25) is 0 Å². The molecule has 6 nitrogen and oxygen atoms in total. The van der Waals surface area contributed by atoms with Crippen molar-refractivity contribution < 1.29 is 19.0 Å². The zero-order valence-corrected chi connectivity index (χ0v) is 20.2. The molecule has 36 heavy (non-hydrogen) atoms. The molecule has 0 aliphatic carbocycles. The molecule has 4 aromatic rings. The van der Waals surface area contributed by atoms with Crippen LogP contribution in [0, 0.1) is 18.3 Å². The van der Waals surface area contributed by atoms with Gasteiger partial charge >= 0.3 is 5.97 Å². The van der Waals surface area contributed by atoms with E-state index in [0.717, 1.165) is 16.7 Å². The summed E-state index contributed by atoms with van der Waals surface area (Å²) < 4.78 is 17.3. The highest BCUT2D eigenvalue weighted by Gasteiger charge is 2.31. The Labute approximate surface area is 212 Å². The van der Waals surface area contributed by atoms with Gasteiger partial charge in [0.05, 0.1) is 5.92 Å². The first kappa shape index (κ1) is 23.2. The predicted molar refractivity (Wildman–Crippen MR) is 137 cm³/mol. The van der Waals surface area contributed by atoms with E-state index in [0.29, 0.717) is 34.3 Å². The second-order valence-electron chi connectivity index (χ2n) is 8.34. The summed E-state index contributed by atoms with van der Waals surface area (Å²) in [5.41, 5.74) is 10.3. The van der Waals surface area contributed by atoms with Crippen molar-refractivity contribution in [2.45, 2.75) is 19.4 Å². The number of nitrogens with two attached hydrogens (primary N) is 1. The molecule has 0 saturated carbocycles. The number of benzene rings is 3. The van der Waals surface area contributed by atoms with Gasteiger partial charge in [-0.2, -0.15) is 5.26 Å². The highest BCUT2D eigenvalue weighted by Crippen LogP contribution is 2.44. The number of nitrogens with zero attached hydrogens (tertiary/aromatic N) is 1. The van der Waals surface area contributed by atoms with Crippen molar-refractivity contribution in [2.75, 3.05) is 0 Å². The number of allylic oxidation sites excluding steroid dienone is 1. The summed E-state index contributed by atoms with van der Waals surface area (Å²) >= 11 is 1.30. The number of carbonyl (C=O) groups excluding carboxylic acids is 1. The molecule has 0 fully saturated rings. The molecule has 2 N–H and O–H groups in total. The summed E-state index contributed by atoms with van der Waals surface area (Å²) in [4.78, 5) is 12.9. The van der Waals surface area contributed by atoms with Gasteiger partial charge < -0.3 is 19.9 Å². The Kier molecular flexibility index (Phi) is 6.44. The number of thiophene rings is 1. The Balaban J connectivity index is 1.42. The van der Waals surface area contributed by atoms with Crippen LogP contribution >= 0.6 is 11.3 Å². The zero-order valence-electron chi connectivity index (χ0n) is 19.4. The lowest BCUT2D eigenvalue weighted by Crippen LogP contribution is -2.21. The van der Waals surface area contributed by atoms with E-state index in [9.17, 15) is 10.1 Å². The van der Waals surface area contributed by atoms with Gasteiger partial charge in [0.15, 0.2) is 0 Å². The number of aryl methyl sites for hydroxylation is 1.